The van der Waals surface area contributed by atoms with E-state index in [0.29, 0.717) is 35.5 Å². The van der Waals surface area contributed by atoms with Crippen molar-refractivity contribution in [1.82, 2.24) is 19.7 Å². The Balaban J connectivity index is 2.21. The molecule has 136 valence electrons. The fraction of sp³-hybridized carbons (Fsp3) is 0.333. The van der Waals surface area contributed by atoms with Gasteiger partial charge in [-0.2, -0.15) is 5.26 Å². The topological polar surface area (TPSA) is 74.8 Å². The molecule has 2 aromatic rings. The Bertz CT molecular complexity index is 812. The zero-order valence-electron chi connectivity index (χ0n) is 14.7. The van der Waals surface area contributed by atoms with Gasteiger partial charge in [0.2, 0.25) is 5.91 Å². The number of benzene rings is 1. The molecule has 26 heavy (non-hydrogen) atoms. The Morgan fingerprint density at radius 3 is 2.77 bits per heavy atom. The standard InChI is InChI=1S/C18H20ClN5OS/c1-4-11-24-16(14-6-8-15(19)9-7-14)21-22-18(24)26-13(2)17(25)23(3)12-5-10-20/h4,6-9,13H,1,5,11-12H2,2-3H3/t13-/m1/s1. The van der Waals surface area contributed by atoms with Gasteiger partial charge in [0.1, 0.15) is 0 Å². The average molecular weight is 390 g/mol. The number of carbonyl (C=O) groups is 1. The van der Waals surface area contributed by atoms with Gasteiger partial charge >= 0.3 is 0 Å². The quantitative estimate of drug-likeness (QED) is 0.509. The number of aromatic nitrogens is 3. The third kappa shape index (κ3) is 4.87. The van der Waals surface area contributed by atoms with E-state index in [4.69, 9.17) is 16.9 Å². The van der Waals surface area contributed by atoms with Gasteiger partial charge in [0.25, 0.3) is 0 Å². The zero-order chi connectivity index (χ0) is 19.1. The van der Waals surface area contributed by atoms with Crippen molar-refractivity contribution in [3.63, 3.8) is 0 Å². The number of nitrogens with zero attached hydrogens (tertiary/aromatic N) is 5. The highest BCUT2D eigenvalue weighted by atomic mass is 35.5. The molecule has 0 saturated carbocycles. The highest BCUT2D eigenvalue weighted by Crippen LogP contribution is 2.28. The molecule has 0 spiro atoms. The number of rotatable bonds is 8. The molecule has 1 heterocycles. The SMILES string of the molecule is C=CCn1c(S[C@H](C)C(=O)N(C)CCC#N)nnc1-c1ccc(Cl)cc1. The van der Waals surface area contributed by atoms with Crippen LogP contribution in [0.5, 0.6) is 0 Å². The van der Waals surface area contributed by atoms with Gasteiger partial charge in [0.05, 0.1) is 17.7 Å². The fourth-order valence-electron chi connectivity index (χ4n) is 2.33. The summed E-state index contributed by atoms with van der Waals surface area (Å²) < 4.78 is 1.92. The Kier molecular flexibility index (Phi) is 7.25. The van der Waals surface area contributed by atoms with Crippen LogP contribution in [-0.4, -0.2) is 44.4 Å². The maximum absolute atomic E-state index is 12.4. The molecule has 0 radical (unpaired) electrons. The van der Waals surface area contributed by atoms with Crippen molar-refractivity contribution in [2.24, 2.45) is 0 Å². The Morgan fingerprint density at radius 2 is 2.15 bits per heavy atom. The van der Waals surface area contributed by atoms with Gasteiger partial charge in [0, 0.05) is 30.7 Å². The predicted octanol–water partition coefficient (Wildman–Crippen LogP) is 3.64. The molecule has 0 fully saturated rings. The second kappa shape index (κ2) is 9.41. The molecule has 8 heteroatoms. The lowest BCUT2D eigenvalue weighted by molar-refractivity contribution is -0.128. The van der Waals surface area contributed by atoms with Gasteiger partial charge in [-0.05, 0) is 31.2 Å². The molecule has 2 rings (SSSR count). The molecule has 0 aliphatic rings. The summed E-state index contributed by atoms with van der Waals surface area (Å²) in [5.41, 5.74) is 0.890. The molecule has 0 unspecified atom stereocenters. The van der Waals surface area contributed by atoms with E-state index in [-0.39, 0.29) is 11.2 Å². The molecule has 0 N–H and O–H groups in total. The van der Waals surface area contributed by atoms with Gasteiger partial charge in [-0.3, -0.25) is 9.36 Å². The largest absolute Gasteiger partial charge is 0.344 e. The molecule has 1 amide bonds. The number of amides is 1. The fourth-order valence-corrected chi connectivity index (χ4v) is 3.43. The summed E-state index contributed by atoms with van der Waals surface area (Å²) in [6.45, 7) is 6.55. The summed E-state index contributed by atoms with van der Waals surface area (Å²) in [5.74, 6) is 0.646. The van der Waals surface area contributed by atoms with Gasteiger partial charge < -0.3 is 4.90 Å². The second-order valence-corrected chi connectivity index (χ2v) is 7.38. The first kappa shape index (κ1) is 20.0. The summed E-state index contributed by atoms with van der Waals surface area (Å²) in [7, 11) is 1.70. The van der Waals surface area contributed by atoms with Crippen molar-refractivity contribution in [1.29, 1.82) is 5.26 Å². The number of halogens is 1. The van der Waals surface area contributed by atoms with Crippen LogP contribution in [0.3, 0.4) is 0 Å². The van der Waals surface area contributed by atoms with Crippen LogP contribution in [0.4, 0.5) is 0 Å². The number of allylic oxidation sites excluding steroid dienone is 1. The van der Waals surface area contributed by atoms with Gasteiger partial charge in [-0.25, -0.2) is 0 Å². The first-order valence-electron chi connectivity index (χ1n) is 8.06. The zero-order valence-corrected chi connectivity index (χ0v) is 16.3. The van der Waals surface area contributed by atoms with Gasteiger partial charge in [-0.1, -0.05) is 29.4 Å². The van der Waals surface area contributed by atoms with E-state index >= 15 is 0 Å². The molecular formula is C18H20ClN5OS. The van der Waals surface area contributed by atoms with Gasteiger partial charge in [0.15, 0.2) is 11.0 Å². The van der Waals surface area contributed by atoms with Crippen molar-refractivity contribution in [2.45, 2.75) is 30.3 Å². The summed E-state index contributed by atoms with van der Waals surface area (Å²) >= 11 is 7.29. The highest BCUT2D eigenvalue weighted by molar-refractivity contribution is 8.00. The lowest BCUT2D eigenvalue weighted by Gasteiger charge is -2.19. The second-order valence-electron chi connectivity index (χ2n) is 5.64. The van der Waals surface area contributed by atoms with Crippen LogP contribution in [0.2, 0.25) is 5.02 Å². The third-order valence-corrected chi connectivity index (χ3v) is 5.02. The molecule has 0 bridgehead atoms. The third-order valence-electron chi connectivity index (χ3n) is 3.70. The highest BCUT2D eigenvalue weighted by Gasteiger charge is 2.22. The summed E-state index contributed by atoms with van der Waals surface area (Å²) in [4.78, 5) is 14.0. The van der Waals surface area contributed by atoms with Crippen LogP contribution in [-0.2, 0) is 11.3 Å². The lowest BCUT2D eigenvalue weighted by Crippen LogP contribution is -2.34. The van der Waals surface area contributed by atoms with Crippen LogP contribution in [0.15, 0.2) is 42.1 Å². The number of carbonyl (C=O) groups excluding carboxylic acids is 1. The minimum absolute atomic E-state index is 0.0496. The summed E-state index contributed by atoms with van der Waals surface area (Å²) in [6.07, 6.45) is 2.07. The van der Waals surface area contributed by atoms with Crippen molar-refractivity contribution in [3.05, 3.63) is 41.9 Å². The Hall–Kier alpha value is -2.30. The minimum atomic E-state index is -0.343. The smallest absolute Gasteiger partial charge is 0.235 e. The summed E-state index contributed by atoms with van der Waals surface area (Å²) in [5, 5.41) is 18.1. The Labute approximate surface area is 162 Å². The molecule has 1 aromatic heterocycles. The molecule has 0 aliphatic heterocycles. The van der Waals surface area contributed by atoms with Crippen LogP contribution < -0.4 is 0 Å². The number of hydrogen-bond donors (Lipinski definition) is 0. The molecular weight excluding hydrogens is 370 g/mol. The lowest BCUT2D eigenvalue weighted by atomic mass is 10.2. The normalized spacial score (nSPS) is 11.6. The van der Waals surface area contributed by atoms with Crippen molar-refractivity contribution >= 4 is 29.3 Å². The molecule has 6 nitrogen and oxygen atoms in total. The molecule has 0 aliphatic carbocycles. The van der Waals surface area contributed by atoms with E-state index in [1.807, 2.05) is 29.7 Å². The molecule has 1 atom stereocenters. The maximum atomic E-state index is 12.4. The van der Waals surface area contributed by atoms with Crippen molar-refractivity contribution in [2.75, 3.05) is 13.6 Å². The molecule has 0 saturated heterocycles. The van der Waals surface area contributed by atoms with Crippen molar-refractivity contribution < 1.29 is 4.79 Å². The minimum Gasteiger partial charge on any atom is -0.344 e. The maximum Gasteiger partial charge on any atom is 0.235 e. The monoisotopic (exact) mass is 389 g/mol. The van der Waals surface area contributed by atoms with E-state index in [1.165, 1.54) is 11.8 Å². The van der Waals surface area contributed by atoms with E-state index in [0.717, 1.165) is 5.56 Å². The molecule has 1 aromatic carbocycles. The van der Waals surface area contributed by atoms with Crippen LogP contribution in [0, 0.1) is 11.3 Å². The van der Waals surface area contributed by atoms with E-state index in [1.54, 1.807) is 30.2 Å². The van der Waals surface area contributed by atoms with Crippen LogP contribution >= 0.6 is 23.4 Å². The first-order valence-corrected chi connectivity index (χ1v) is 9.32. The predicted molar refractivity (Wildman–Crippen MR) is 104 cm³/mol. The first-order chi connectivity index (χ1) is 12.5. The number of nitriles is 1. The van der Waals surface area contributed by atoms with E-state index in [9.17, 15) is 4.79 Å². The van der Waals surface area contributed by atoms with Gasteiger partial charge in [-0.15, -0.1) is 16.8 Å². The number of thioether (sulfide) groups is 1. The van der Waals surface area contributed by atoms with Crippen LogP contribution in [0.25, 0.3) is 11.4 Å². The Morgan fingerprint density at radius 1 is 1.46 bits per heavy atom. The average Bonchev–Trinajstić information content (AvgIpc) is 3.02. The van der Waals surface area contributed by atoms with E-state index < -0.39 is 0 Å². The number of hydrogen-bond acceptors (Lipinski definition) is 5. The van der Waals surface area contributed by atoms with Crippen molar-refractivity contribution in [3.8, 4) is 17.5 Å². The summed E-state index contributed by atoms with van der Waals surface area (Å²) in [6, 6.07) is 9.40. The van der Waals surface area contributed by atoms with E-state index in [2.05, 4.69) is 16.8 Å². The van der Waals surface area contributed by atoms with Crippen LogP contribution in [0.1, 0.15) is 13.3 Å².